The van der Waals surface area contributed by atoms with Crippen molar-refractivity contribution in [2.24, 2.45) is 0 Å². The lowest BCUT2D eigenvalue weighted by Crippen LogP contribution is -3.06. The molecular formula is C11H16NO2+. The monoisotopic (exact) mass is 194 g/mol. The van der Waals surface area contributed by atoms with Crippen LogP contribution in [0.5, 0.6) is 0 Å². The Kier molecular flexibility index (Phi) is 4.13. The predicted molar refractivity (Wildman–Crippen MR) is 54.4 cm³/mol. The summed E-state index contributed by atoms with van der Waals surface area (Å²) >= 11 is 0. The molecule has 0 unspecified atom stereocenters. The smallest absolute Gasteiger partial charge is 0.338 e. The van der Waals surface area contributed by atoms with E-state index in [1.807, 2.05) is 32.3 Å². The molecule has 3 nitrogen and oxygen atoms in total. The van der Waals surface area contributed by atoms with Crippen molar-refractivity contribution < 1.29 is 14.4 Å². The fourth-order valence-electron chi connectivity index (χ4n) is 1.01. The van der Waals surface area contributed by atoms with Crippen LogP contribution in [0.25, 0.3) is 0 Å². The Morgan fingerprint density at radius 2 is 1.93 bits per heavy atom. The number of hydrogen-bond acceptors (Lipinski definition) is 2. The quantitative estimate of drug-likeness (QED) is 0.683. The number of benzene rings is 1. The van der Waals surface area contributed by atoms with Gasteiger partial charge in [-0.2, -0.15) is 0 Å². The van der Waals surface area contributed by atoms with E-state index in [2.05, 4.69) is 0 Å². The molecule has 0 spiro atoms. The number of likely N-dealkylation sites (N-methyl/N-ethyl adjacent to an activating group) is 1. The molecule has 0 amide bonds. The lowest BCUT2D eigenvalue weighted by molar-refractivity contribution is -0.858. The van der Waals surface area contributed by atoms with Crippen molar-refractivity contribution in [2.75, 3.05) is 27.2 Å². The van der Waals surface area contributed by atoms with E-state index >= 15 is 0 Å². The molecule has 0 bridgehead atoms. The van der Waals surface area contributed by atoms with Gasteiger partial charge in [0.05, 0.1) is 19.7 Å². The van der Waals surface area contributed by atoms with Gasteiger partial charge < -0.3 is 9.64 Å². The Labute approximate surface area is 84.3 Å². The summed E-state index contributed by atoms with van der Waals surface area (Å²) in [6.07, 6.45) is 0. The molecule has 1 aromatic carbocycles. The molecule has 0 radical (unpaired) electrons. The Balaban J connectivity index is 2.36. The Morgan fingerprint density at radius 3 is 2.50 bits per heavy atom. The van der Waals surface area contributed by atoms with E-state index in [1.54, 1.807) is 12.1 Å². The van der Waals surface area contributed by atoms with Gasteiger partial charge in [-0.3, -0.25) is 0 Å². The zero-order valence-electron chi connectivity index (χ0n) is 8.62. The molecule has 0 saturated carbocycles. The predicted octanol–water partition coefficient (Wildman–Crippen LogP) is -0.0121. The zero-order chi connectivity index (χ0) is 10.4. The molecule has 0 atom stereocenters. The maximum atomic E-state index is 11.4. The second kappa shape index (κ2) is 5.40. The Morgan fingerprint density at radius 1 is 1.29 bits per heavy atom. The van der Waals surface area contributed by atoms with Crippen molar-refractivity contribution >= 4 is 5.97 Å². The second-order valence-corrected chi connectivity index (χ2v) is 3.46. The third-order valence-electron chi connectivity index (χ3n) is 1.84. The summed E-state index contributed by atoms with van der Waals surface area (Å²) in [4.78, 5) is 12.7. The van der Waals surface area contributed by atoms with Crippen LogP contribution < -0.4 is 4.90 Å². The number of rotatable bonds is 4. The first-order valence-electron chi connectivity index (χ1n) is 4.71. The van der Waals surface area contributed by atoms with Crippen LogP contribution in [0.4, 0.5) is 0 Å². The van der Waals surface area contributed by atoms with Gasteiger partial charge in [0, 0.05) is 0 Å². The molecule has 1 aromatic rings. The molecule has 0 aliphatic heterocycles. The second-order valence-electron chi connectivity index (χ2n) is 3.46. The highest BCUT2D eigenvalue weighted by molar-refractivity contribution is 5.89. The topological polar surface area (TPSA) is 30.7 Å². The first kappa shape index (κ1) is 10.7. The number of carbonyl (C=O) groups is 1. The average Bonchev–Trinajstić information content (AvgIpc) is 2.18. The fraction of sp³-hybridized carbons (Fsp3) is 0.364. The summed E-state index contributed by atoms with van der Waals surface area (Å²) in [5.74, 6) is -0.244. The van der Waals surface area contributed by atoms with Crippen molar-refractivity contribution in [1.82, 2.24) is 0 Å². The summed E-state index contributed by atoms with van der Waals surface area (Å²) in [5, 5.41) is 0. The molecule has 76 valence electrons. The van der Waals surface area contributed by atoms with Crippen LogP contribution in [-0.4, -0.2) is 33.2 Å². The lowest BCUT2D eigenvalue weighted by atomic mass is 10.2. The summed E-state index contributed by atoms with van der Waals surface area (Å²) in [6, 6.07) is 9.04. The van der Waals surface area contributed by atoms with Crippen LogP contribution >= 0.6 is 0 Å². The molecule has 0 heterocycles. The number of esters is 1. The molecule has 1 rings (SSSR count). The normalized spacial score (nSPS) is 10.2. The molecule has 0 aliphatic rings. The largest absolute Gasteiger partial charge is 0.456 e. The number of carbonyl (C=O) groups excluding carboxylic acids is 1. The SMILES string of the molecule is C[NH+](C)CCOC(=O)c1ccccc1. The maximum absolute atomic E-state index is 11.4. The minimum Gasteiger partial charge on any atom is -0.456 e. The van der Waals surface area contributed by atoms with Crippen LogP contribution in [0, 0.1) is 0 Å². The highest BCUT2D eigenvalue weighted by Gasteiger charge is 2.05. The van der Waals surface area contributed by atoms with Crippen molar-refractivity contribution in [1.29, 1.82) is 0 Å². The first-order valence-corrected chi connectivity index (χ1v) is 4.71. The van der Waals surface area contributed by atoms with Gasteiger partial charge in [0.2, 0.25) is 0 Å². The summed E-state index contributed by atoms with van der Waals surface area (Å²) in [7, 11) is 4.05. The lowest BCUT2D eigenvalue weighted by Gasteiger charge is -2.07. The minimum absolute atomic E-state index is 0.244. The van der Waals surface area contributed by atoms with Crippen molar-refractivity contribution in [3.8, 4) is 0 Å². The fourth-order valence-corrected chi connectivity index (χ4v) is 1.01. The van der Waals surface area contributed by atoms with E-state index in [-0.39, 0.29) is 5.97 Å². The van der Waals surface area contributed by atoms with Gasteiger partial charge in [-0.25, -0.2) is 4.79 Å². The Bertz CT molecular complexity index is 283. The summed E-state index contributed by atoms with van der Waals surface area (Å²) in [6.45, 7) is 1.30. The van der Waals surface area contributed by atoms with Gasteiger partial charge in [0.25, 0.3) is 0 Å². The number of hydrogen-bond donors (Lipinski definition) is 1. The first-order chi connectivity index (χ1) is 6.70. The maximum Gasteiger partial charge on any atom is 0.338 e. The van der Waals surface area contributed by atoms with E-state index in [0.717, 1.165) is 6.54 Å². The van der Waals surface area contributed by atoms with Crippen molar-refractivity contribution in [3.05, 3.63) is 35.9 Å². The standard InChI is InChI=1S/C11H15NO2/c1-12(2)8-9-14-11(13)10-6-4-3-5-7-10/h3-7H,8-9H2,1-2H3/p+1. The van der Waals surface area contributed by atoms with Gasteiger partial charge in [0.15, 0.2) is 0 Å². The average molecular weight is 194 g/mol. The molecule has 0 saturated heterocycles. The highest BCUT2D eigenvalue weighted by atomic mass is 16.5. The van der Waals surface area contributed by atoms with E-state index in [9.17, 15) is 4.79 Å². The van der Waals surface area contributed by atoms with Gasteiger partial charge >= 0.3 is 5.97 Å². The summed E-state index contributed by atoms with van der Waals surface area (Å²) in [5.41, 5.74) is 0.612. The van der Waals surface area contributed by atoms with Gasteiger partial charge in [-0.05, 0) is 12.1 Å². The number of quaternary nitrogens is 1. The van der Waals surface area contributed by atoms with Crippen LogP contribution in [0.2, 0.25) is 0 Å². The number of ether oxygens (including phenoxy) is 1. The van der Waals surface area contributed by atoms with E-state index in [4.69, 9.17) is 4.74 Å². The van der Waals surface area contributed by atoms with Crippen LogP contribution in [0.3, 0.4) is 0 Å². The molecule has 14 heavy (non-hydrogen) atoms. The van der Waals surface area contributed by atoms with Crippen LogP contribution in [0.15, 0.2) is 30.3 Å². The third-order valence-corrected chi connectivity index (χ3v) is 1.84. The van der Waals surface area contributed by atoms with Crippen molar-refractivity contribution in [3.63, 3.8) is 0 Å². The molecule has 0 aliphatic carbocycles. The van der Waals surface area contributed by atoms with Crippen LogP contribution in [0.1, 0.15) is 10.4 Å². The van der Waals surface area contributed by atoms with Gasteiger partial charge in [-0.15, -0.1) is 0 Å². The molecule has 3 heteroatoms. The van der Waals surface area contributed by atoms with Crippen molar-refractivity contribution in [2.45, 2.75) is 0 Å². The Hall–Kier alpha value is -1.35. The van der Waals surface area contributed by atoms with Crippen LogP contribution in [-0.2, 0) is 4.74 Å². The zero-order valence-corrected chi connectivity index (χ0v) is 8.62. The summed E-state index contributed by atoms with van der Waals surface area (Å²) < 4.78 is 5.08. The van der Waals surface area contributed by atoms with E-state index in [1.165, 1.54) is 4.90 Å². The molecular weight excluding hydrogens is 178 g/mol. The minimum atomic E-state index is -0.244. The van der Waals surface area contributed by atoms with E-state index in [0.29, 0.717) is 12.2 Å². The third kappa shape index (κ3) is 3.58. The van der Waals surface area contributed by atoms with E-state index < -0.39 is 0 Å². The molecule has 0 fully saturated rings. The molecule has 0 aromatic heterocycles. The number of nitrogens with one attached hydrogen (secondary N) is 1. The highest BCUT2D eigenvalue weighted by Crippen LogP contribution is 1.99. The van der Waals surface area contributed by atoms with Gasteiger partial charge in [0.1, 0.15) is 13.2 Å². The van der Waals surface area contributed by atoms with Gasteiger partial charge in [-0.1, -0.05) is 18.2 Å². The molecule has 1 N–H and O–H groups in total.